The summed E-state index contributed by atoms with van der Waals surface area (Å²) in [6.45, 7) is 0. The van der Waals surface area contributed by atoms with Gasteiger partial charge in [-0.15, -0.1) is 0 Å². The Balaban J connectivity index is 1.36. The van der Waals surface area contributed by atoms with Crippen molar-refractivity contribution >= 4 is 55.1 Å². The Morgan fingerprint density at radius 2 is 1.75 bits per heavy atom. The monoisotopic (exact) mass is 466 g/mol. The third-order valence-electron chi connectivity index (χ3n) is 6.27. The van der Waals surface area contributed by atoms with Crippen LogP contribution in [-0.2, 0) is 14.6 Å². The molecule has 4 aromatic rings. The number of hydrogen-bond acceptors (Lipinski definition) is 6. The topological polar surface area (TPSA) is 84.6 Å². The van der Waals surface area contributed by atoms with E-state index in [9.17, 15) is 13.2 Å². The van der Waals surface area contributed by atoms with Gasteiger partial charge in [-0.1, -0.05) is 36.0 Å². The van der Waals surface area contributed by atoms with Crippen LogP contribution in [0.15, 0.2) is 53.7 Å². The van der Waals surface area contributed by atoms with Crippen LogP contribution in [-0.4, -0.2) is 62.9 Å². The van der Waals surface area contributed by atoms with Crippen LogP contribution in [0, 0.1) is 0 Å². The zero-order chi connectivity index (χ0) is 21.9. The van der Waals surface area contributed by atoms with E-state index in [-0.39, 0.29) is 35.2 Å². The Hall–Kier alpha value is -2.65. The number of nitrogens with zero attached hydrogens (tertiary/aromatic N) is 4. The van der Waals surface area contributed by atoms with Gasteiger partial charge in [0, 0.05) is 17.5 Å². The third-order valence-corrected chi connectivity index (χ3v) is 8.94. The van der Waals surface area contributed by atoms with Gasteiger partial charge >= 0.3 is 0 Å². The number of rotatable bonds is 5. The molecule has 0 N–H and O–H groups in total. The van der Waals surface area contributed by atoms with Gasteiger partial charge in [-0.25, -0.2) is 18.4 Å². The first-order valence-corrected chi connectivity index (χ1v) is 13.6. The maximum absolute atomic E-state index is 13.3. The van der Waals surface area contributed by atoms with Crippen LogP contribution in [0.2, 0.25) is 0 Å². The summed E-state index contributed by atoms with van der Waals surface area (Å²) in [6.07, 6.45) is 2.45. The highest BCUT2D eigenvalue weighted by molar-refractivity contribution is 7.99. The largest absolute Gasteiger partial charge is 0.335 e. The minimum absolute atomic E-state index is 0.00729. The first-order valence-electron chi connectivity index (χ1n) is 10.8. The number of amides is 1. The van der Waals surface area contributed by atoms with Gasteiger partial charge in [0.05, 0.1) is 33.8 Å². The van der Waals surface area contributed by atoms with Crippen molar-refractivity contribution in [1.29, 1.82) is 0 Å². The van der Waals surface area contributed by atoms with E-state index in [4.69, 9.17) is 9.97 Å². The van der Waals surface area contributed by atoms with Crippen molar-refractivity contribution in [2.75, 3.05) is 17.3 Å². The van der Waals surface area contributed by atoms with Crippen molar-refractivity contribution in [3.8, 4) is 0 Å². The molecular weight excluding hydrogens is 444 g/mol. The number of carbonyl (C=O) groups excluding carboxylic acids is 1. The molecule has 1 aliphatic heterocycles. The molecule has 2 aromatic heterocycles. The molecule has 2 aromatic carbocycles. The van der Waals surface area contributed by atoms with Gasteiger partial charge in [-0.2, -0.15) is 0 Å². The van der Waals surface area contributed by atoms with Gasteiger partial charge in [0.15, 0.2) is 15.0 Å². The molecule has 164 valence electrons. The van der Waals surface area contributed by atoms with Crippen molar-refractivity contribution in [3.63, 3.8) is 0 Å². The fourth-order valence-electron chi connectivity index (χ4n) is 4.66. The number of sulfone groups is 1. The molecule has 3 heterocycles. The molecule has 1 aliphatic carbocycles. The van der Waals surface area contributed by atoms with Crippen molar-refractivity contribution in [2.24, 2.45) is 0 Å². The lowest BCUT2D eigenvalue weighted by molar-refractivity contribution is -0.130. The highest BCUT2D eigenvalue weighted by atomic mass is 32.2. The van der Waals surface area contributed by atoms with E-state index in [1.54, 1.807) is 0 Å². The van der Waals surface area contributed by atoms with E-state index < -0.39 is 9.84 Å². The van der Waals surface area contributed by atoms with E-state index in [1.807, 2.05) is 57.8 Å². The SMILES string of the molecule is O=C(CSc1nc2ccccc2c2nc3ccccc3n12)N(C1CC1)C1CCS(=O)(=O)C1. The number of hydrogen-bond donors (Lipinski definition) is 0. The molecule has 32 heavy (non-hydrogen) atoms. The predicted molar refractivity (Wildman–Crippen MR) is 126 cm³/mol. The average Bonchev–Trinajstić information content (AvgIpc) is 3.43. The first kappa shape index (κ1) is 20.0. The lowest BCUT2D eigenvalue weighted by atomic mass is 10.2. The van der Waals surface area contributed by atoms with Crippen LogP contribution in [0.5, 0.6) is 0 Å². The number of benzene rings is 2. The van der Waals surface area contributed by atoms with E-state index in [0.717, 1.165) is 45.6 Å². The number of carbonyl (C=O) groups is 1. The number of imidazole rings is 1. The summed E-state index contributed by atoms with van der Waals surface area (Å²) < 4.78 is 26.0. The molecule has 6 rings (SSSR count). The number of aromatic nitrogens is 3. The fourth-order valence-corrected chi connectivity index (χ4v) is 7.25. The van der Waals surface area contributed by atoms with Crippen LogP contribution in [0.25, 0.3) is 27.6 Å². The van der Waals surface area contributed by atoms with Crippen LogP contribution < -0.4 is 0 Å². The maximum atomic E-state index is 13.3. The Morgan fingerprint density at radius 1 is 1.00 bits per heavy atom. The summed E-state index contributed by atoms with van der Waals surface area (Å²) in [7, 11) is -3.04. The highest BCUT2D eigenvalue weighted by Gasteiger charge is 2.42. The molecule has 7 nitrogen and oxygen atoms in total. The van der Waals surface area contributed by atoms with Gasteiger partial charge in [0.2, 0.25) is 5.91 Å². The van der Waals surface area contributed by atoms with Gasteiger partial charge < -0.3 is 4.90 Å². The molecular formula is C23H22N4O3S2. The molecule has 0 bridgehead atoms. The van der Waals surface area contributed by atoms with E-state index >= 15 is 0 Å². The molecule has 1 atom stereocenters. The second-order valence-corrected chi connectivity index (χ2v) is 11.7. The van der Waals surface area contributed by atoms with E-state index in [0.29, 0.717) is 6.42 Å². The summed E-state index contributed by atoms with van der Waals surface area (Å²) in [5.41, 5.74) is 3.50. The number of thioether (sulfide) groups is 1. The normalized spacial score (nSPS) is 20.3. The summed E-state index contributed by atoms with van der Waals surface area (Å²) >= 11 is 1.40. The Kier molecular flexibility index (Phi) is 4.65. The Bertz CT molecular complexity index is 1480. The summed E-state index contributed by atoms with van der Waals surface area (Å²) in [5, 5.41) is 1.69. The summed E-state index contributed by atoms with van der Waals surface area (Å²) in [6, 6.07) is 15.8. The molecule has 1 saturated carbocycles. The standard InChI is InChI=1S/C23H22N4O3S2/c28-21(26(15-9-10-15)16-11-12-32(29,30)14-16)13-31-23-25-18-6-2-1-5-17(18)22-24-19-7-3-4-8-20(19)27(22)23/h1-8,15-16H,9-14H2. The quantitative estimate of drug-likeness (QED) is 0.331. The van der Waals surface area contributed by atoms with Gasteiger partial charge in [0.1, 0.15) is 5.65 Å². The van der Waals surface area contributed by atoms with Crippen molar-refractivity contribution in [1.82, 2.24) is 19.3 Å². The second-order valence-electron chi connectivity index (χ2n) is 8.55. The van der Waals surface area contributed by atoms with Crippen LogP contribution in [0.1, 0.15) is 19.3 Å². The minimum Gasteiger partial charge on any atom is -0.335 e. The zero-order valence-corrected chi connectivity index (χ0v) is 19.0. The van der Waals surface area contributed by atoms with Crippen LogP contribution >= 0.6 is 11.8 Å². The molecule has 0 spiro atoms. The summed E-state index contributed by atoms with van der Waals surface area (Å²) in [5.74, 6) is 0.479. The van der Waals surface area contributed by atoms with Crippen molar-refractivity contribution in [3.05, 3.63) is 48.5 Å². The number of para-hydroxylation sites is 3. The molecule has 0 radical (unpaired) electrons. The van der Waals surface area contributed by atoms with Crippen molar-refractivity contribution in [2.45, 2.75) is 36.5 Å². The lowest BCUT2D eigenvalue weighted by Gasteiger charge is -2.28. The smallest absolute Gasteiger partial charge is 0.233 e. The van der Waals surface area contributed by atoms with Gasteiger partial charge in [-0.3, -0.25) is 9.20 Å². The second kappa shape index (κ2) is 7.45. The van der Waals surface area contributed by atoms with E-state index in [2.05, 4.69) is 0 Å². The maximum Gasteiger partial charge on any atom is 0.233 e. The van der Waals surface area contributed by atoms with Crippen LogP contribution in [0.4, 0.5) is 0 Å². The molecule has 2 aliphatic rings. The summed E-state index contributed by atoms with van der Waals surface area (Å²) in [4.78, 5) is 24.8. The average molecular weight is 467 g/mol. The molecule has 1 saturated heterocycles. The van der Waals surface area contributed by atoms with Gasteiger partial charge in [0.25, 0.3) is 0 Å². The van der Waals surface area contributed by atoms with Crippen molar-refractivity contribution < 1.29 is 13.2 Å². The number of fused-ring (bicyclic) bond motifs is 5. The molecule has 2 fully saturated rings. The molecule has 9 heteroatoms. The minimum atomic E-state index is -3.04. The van der Waals surface area contributed by atoms with Crippen LogP contribution in [0.3, 0.4) is 0 Å². The zero-order valence-electron chi connectivity index (χ0n) is 17.3. The fraction of sp³-hybridized carbons (Fsp3) is 0.348. The molecule has 1 amide bonds. The Labute approximate surface area is 189 Å². The van der Waals surface area contributed by atoms with E-state index in [1.165, 1.54) is 11.8 Å². The predicted octanol–water partition coefficient (Wildman–Crippen LogP) is 3.31. The van der Waals surface area contributed by atoms with Gasteiger partial charge in [-0.05, 0) is 43.5 Å². The molecule has 1 unspecified atom stereocenters. The third kappa shape index (κ3) is 3.44. The highest BCUT2D eigenvalue weighted by Crippen LogP contribution is 2.34. The lowest BCUT2D eigenvalue weighted by Crippen LogP contribution is -2.43. The first-order chi connectivity index (χ1) is 15.5. The Morgan fingerprint density at radius 3 is 2.50 bits per heavy atom.